The highest BCUT2D eigenvalue weighted by Crippen LogP contribution is 2.54. The molecule has 0 saturated carbocycles. The van der Waals surface area contributed by atoms with Gasteiger partial charge in [0.1, 0.15) is 11.0 Å². The number of benzene rings is 13. The van der Waals surface area contributed by atoms with Crippen LogP contribution in [-0.4, -0.2) is 29.1 Å². The minimum absolute atomic E-state index is 0.196. The van der Waals surface area contributed by atoms with E-state index in [1.165, 1.54) is 66.1 Å². The van der Waals surface area contributed by atoms with E-state index in [2.05, 4.69) is 328 Å². The van der Waals surface area contributed by atoms with Crippen molar-refractivity contribution in [2.75, 3.05) is 0 Å². The van der Waals surface area contributed by atoms with Crippen molar-refractivity contribution in [1.82, 2.24) is 29.1 Å². The highest BCUT2D eigenvalue weighted by molar-refractivity contribution is 6.15. The Labute approximate surface area is 544 Å². The molecule has 6 nitrogen and oxygen atoms in total. The van der Waals surface area contributed by atoms with E-state index in [0.717, 1.165) is 123 Å². The van der Waals surface area contributed by atoms with Gasteiger partial charge in [0, 0.05) is 65.8 Å². The van der Waals surface area contributed by atoms with E-state index >= 15 is 0 Å². The summed E-state index contributed by atoms with van der Waals surface area (Å²) in [4.78, 5) is 23.4. The van der Waals surface area contributed by atoms with Crippen molar-refractivity contribution in [2.45, 2.75) is 38.5 Å². The standard InChI is InChI=1S/C88H60N6/c1-87(2)69-37-21-17-33-61(69)65-49-67-63-35-19-23-39-73(63)93(77(67)51-71(65)87)75-47-45-59(83-85(75)91-81(57-29-13-7-14-30-57)79(89-83)55-25-9-5-10-26-55)53-41-43-54(44-42-53)60-46-48-76(86-84(60)90-80(56-27-11-6-12-28-56)82(92-86)58-31-15-8-16-32-58)94-74-40-24-20-36-64(74)68-50-66-62-34-18-22-38-70(62)88(3,4)72(66)52-78(68)94/h5-52H,1-4H3. The lowest BCUT2D eigenvalue weighted by atomic mass is 9.82. The molecular formula is C88H60N6. The lowest BCUT2D eigenvalue weighted by Gasteiger charge is -2.22. The topological polar surface area (TPSA) is 61.4 Å². The molecule has 0 bridgehead atoms. The van der Waals surface area contributed by atoms with Crippen molar-refractivity contribution in [1.29, 1.82) is 0 Å². The Morgan fingerprint density at radius 2 is 0.543 bits per heavy atom. The van der Waals surface area contributed by atoms with Crippen LogP contribution in [0.15, 0.2) is 291 Å². The monoisotopic (exact) mass is 1200 g/mol. The third kappa shape index (κ3) is 7.90. The van der Waals surface area contributed by atoms with Gasteiger partial charge in [0.15, 0.2) is 0 Å². The van der Waals surface area contributed by atoms with Gasteiger partial charge in [0.25, 0.3) is 0 Å². The Hall–Kier alpha value is -11.9. The van der Waals surface area contributed by atoms with E-state index in [-0.39, 0.29) is 10.8 Å². The van der Waals surface area contributed by atoms with Crippen molar-refractivity contribution in [3.63, 3.8) is 0 Å². The van der Waals surface area contributed by atoms with Crippen LogP contribution in [0.3, 0.4) is 0 Å². The van der Waals surface area contributed by atoms with Gasteiger partial charge in [-0.3, -0.25) is 0 Å². The normalized spacial score (nSPS) is 13.5. The van der Waals surface area contributed by atoms with E-state index in [4.69, 9.17) is 19.9 Å². The third-order valence-corrected chi connectivity index (χ3v) is 20.5. The number of fused-ring (bicyclic) bond motifs is 14. The zero-order valence-electron chi connectivity index (χ0n) is 52.4. The summed E-state index contributed by atoms with van der Waals surface area (Å²) in [7, 11) is 0. The van der Waals surface area contributed by atoms with Crippen LogP contribution in [0.25, 0.3) is 167 Å². The second-order valence-electron chi connectivity index (χ2n) is 26.4. The molecule has 0 atom stereocenters. The van der Waals surface area contributed by atoms with Crippen molar-refractivity contribution in [3.05, 3.63) is 313 Å². The first-order chi connectivity index (χ1) is 46.2. The summed E-state index contributed by atoms with van der Waals surface area (Å²) in [6.45, 7) is 9.45. The minimum atomic E-state index is -0.196. The summed E-state index contributed by atoms with van der Waals surface area (Å²) in [5, 5.41) is 4.80. The summed E-state index contributed by atoms with van der Waals surface area (Å²) in [5.41, 5.74) is 31.2. The molecular weight excluding hydrogens is 1140 g/mol. The molecule has 0 unspecified atom stereocenters. The second kappa shape index (κ2) is 20.3. The van der Waals surface area contributed by atoms with E-state index in [9.17, 15) is 0 Å². The summed E-state index contributed by atoms with van der Waals surface area (Å²) in [6, 6.07) is 105. The fraction of sp³-hybridized carbons (Fsp3) is 0.0682. The van der Waals surface area contributed by atoms with Crippen LogP contribution in [0.1, 0.15) is 49.9 Å². The number of hydrogen-bond acceptors (Lipinski definition) is 4. The summed E-state index contributed by atoms with van der Waals surface area (Å²) in [5.74, 6) is 0. The Bertz CT molecular complexity index is 5630. The van der Waals surface area contributed by atoms with Gasteiger partial charge < -0.3 is 9.13 Å². The SMILES string of the molecule is CC1(C)c2ccccc2-c2cc3c4ccccc4n(-c4ccc(-c5ccc(-c6ccc(-n7c8ccccc8c8cc9c(cc87)C(C)(C)c7ccccc7-9)c7nc(-c8ccccc8)c(-c8ccccc8)nc67)cc5)c5nc(-c6ccccc6)c(-c6ccccc6)nc45)c3cc21. The molecule has 6 heteroatoms. The van der Waals surface area contributed by atoms with E-state index in [1.54, 1.807) is 0 Å². The van der Waals surface area contributed by atoms with Crippen molar-refractivity contribution in [3.8, 4) is 101 Å². The van der Waals surface area contributed by atoms with Crippen LogP contribution >= 0.6 is 0 Å². The van der Waals surface area contributed by atoms with Gasteiger partial charge in [-0.1, -0.05) is 258 Å². The van der Waals surface area contributed by atoms with E-state index in [0.29, 0.717) is 0 Å². The van der Waals surface area contributed by atoms with Gasteiger partial charge >= 0.3 is 0 Å². The van der Waals surface area contributed by atoms with Crippen LogP contribution in [0.4, 0.5) is 0 Å². The largest absolute Gasteiger partial charge is 0.307 e. The zero-order chi connectivity index (χ0) is 62.6. The van der Waals surface area contributed by atoms with Crippen LogP contribution in [0.2, 0.25) is 0 Å². The first kappa shape index (κ1) is 53.9. The first-order valence-electron chi connectivity index (χ1n) is 32.5. The smallest absolute Gasteiger partial charge is 0.114 e. The number of hydrogen-bond donors (Lipinski definition) is 0. The van der Waals surface area contributed by atoms with Crippen LogP contribution < -0.4 is 0 Å². The predicted molar refractivity (Wildman–Crippen MR) is 389 cm³/mol. The Balaban J connectivity index is 0.836. The maximum Gasteiger partial charge on any atom is 0.114 e. The molecule has 442 valence electrons. The first-order valence-corrected chi connectivity index (χ1v) is 32.5. The molecule has 0 saturated heterocycles. The minimum Gasteiger partial charge on any atom is -0.307 e. The molecule has 17 aromatic rings. The molecule has 2 aliphatic rings. The third-order valence-electron chi connectivity index (χ3n) is 20.5. The molecule has 0 amide bonds. The van der Waals surface area contributed by atoms with Gasteiger partial charge in [0.05, 0.1) is 67.3 Å². The van der Waals surface area contributed by atoms with Gasteiger partial charge in [0.2, 0.25) is 0 Å². The molecule has 13 aromatic carbocycles. The fourth-order valence-electron chi connectivity index (χ4n) is 15.9. The molecule has 2 aliphatic carbocycles. The molecule has 94 heavy (non-hydrogen) atoms. The quantitative estimate of drug-likeness (QED) is 0.152. The van der Waals surface area contributed by atoms with Gasteiger partial charge in [-0.2, -0.15) is 0 Å². The van der Waals surface area contributed by atoms with E-state index in [1.807, 2.05) is 0 Å². The Morgan fingerprint density at radius 3 is 0.915 bits per heavy atom. The maximum atomic E-state index is 5.87. The van der Waals surface area contributed by atoms with Crippen molar-refractivity contribution >= 4 is 65.7 Å². The Kier molecular flexibility index (Phi) is 11.7. The van der Waals surface area contributed by atoms with Crippen LogP contribution in [0, 0.1) is 0 Å². The Morgan fingerprint density at radius 1 is 0.223 bits per heavy atom. The molecule has 0 radical (unpaired) electrons. The molecule has 0 aliphatic heterocycles. The molecule has 4 aromatic heterocycles. The highest BCUT2D eigenvalue weighted by atomic mass is 15.0. The van der Waals surface area contributed by atoms with Crippen molar-refractivity contribution in [2.24, 2.45) is 0 Å². The number of nitrogens with zero attached hydrogens (tertiary/aromatic N) is 6. The fourth-order valence-corrected chi connectivity index (χ4v) is 15.9. The summed E-state index contributed by atoms with van der Waals surface area (Å²) in [6.07, 6.45) is 0. The van der Waals surface area contributed by atoms with Gasteiger partial charge in [-0.25, -0.2) is 19.9 Å². The zero-order valence-corrected chi connectivity index (χ0v) is 52.4. The lowest BCUT2D eigenvalue weighted by Crippen LogP contribution is -2.15. The molecule has 0 fully saturated rings. The molecule has 19 rings (SSSR count). The van der Waals surface area contributed by atoms with Crippen LogP contribution in [-0.2, 0) is 10.8 Å². The average molecular weight is 1200 g/mol. The second-order valence-corrected chi connectivity index (χ2v) is 26.4. The summed E-state index contributed by atoms with van der Waals surface area (Å²) >= 11 is 0. The number of rotatable bonds is 8. The van der Waals surface area contributed by atoms with Gasteiger partial charge in [-0.05, 0) is 116 Å². The lowest BCUT2D eigenvalue weighted by molar-refractivity contribution is 0.661. The molecule has 0 spiro atoms. The van der Waals surface area contributed by atoms with Gasteiger partial charge in [-0.15, -0.1) is 0 Å². The number of para-hydroxylation sites is 2. The summed E-state index contributed by atoms with van der Waals surface area (Å²) < 4.78 is 4.89. The highest BCUT2D eigenvalue weighted by Gasteiger charge is 2.38. The van der Waals surface area contributed by atoms with E-state index < -0.39 is 0 Å². The van der Waals surface area contributed by atoms with Crippen LogP contribution in [0.5, 0.6) is 0 Å². The predicted octanol–water partition coefficient (Wildman–Crippen LogP) is 22.4. The maximum absolute atomic E-state index is 5.87. The molecule has 4 heterocycles. The number of aromatic nitrogens is 6. The average Bonchev–Trinajstić information content (AvgIpc) is 1.52. The molecule has 0 N–H and O–H groups in total. The van der Waals surface area contributed by atoms with Crippen molar-refractivity contribution < 1.29 is 0 Å².